The minimum Gasteiger partial charge on any atom is -0.395 e. The molecule has 5 nitrogen and oxygen atoms in total. The minimum atomic E-state index is -3.37. The van der Waals surface area contributed by atoms with Gasteiger partial charge in [-0.25, -0.2) is 8.42 Å². The summed E-state index contributed by atoms with van der Waals surface area (Å²) in [7, 11) is -3.37. The molecular formula is C10H23NO4S. The maximum atomic E-state index is 11.9. The molecule has 0 aromatic rings. The van der Waals surface area contributed by atoms with Crippen molar-refractivity contribution in [2.75, 3.05) is 32.1 Å². The van der Waals surface area contributed by atoms with Crippen LogP contribution in [-0.2, 0) is 10.0 Å². The summed E-state index contributed by atoms with van der Waals surface area (Å²) in [5, 5.41) is 17.5. The Morgan fingerprint density at radius 1 is 1.06 bits per heavy atom. The number of rotatable bonds is 7. The predicted molar refractivity (Wildman–Crippen MR) is 63.6 cm³/mol. The zero-order valence-electron chi connectivity index (χ0n) is 10.3. The van der Waals surface area contributed by atoms with Crippen molar-refractivity contribution in [3.63, 3.8) is 0 Å². The molecule has 0 spiro atoms. The first kappa shape index (κ1) is 15.8. The molecule has 16 heavy (non-hydrogen) atoms. The van der Waals surface area contributed by atoms with Crippen molar-refractivity contribution in [3.05, 3.63) is 0 Å². The molecule has 0 aliphatic carbocycles. The molecule has 0 aromatic carbocycles. The van der Waals surface area contributed by atoms with Crippen molar-refractivity contribution in [2.24, 2.45) is 5.41 Å². The summed E-state index contributed by atoms with van der Waals surface area (Å²) in [4.78, 5) is 0. The molecule has 0 saturated heterocycles. The first-order valence-electron chi connectivity index (χ1n) is 5.42. The van der Waals surface area contributed by atoms with Gasteiger partial charge < -0.3 is 10.2 Å². The van der Waals surface area contributed by atoms with Crippen LogP contribution in [-0.4, -0.2) is 55.0 Å². The van der Waals surface area contributed by atoms with Gasteiger partial charge in [0.05, 0.1) is 19.0 Å². The van der Waals surface area contributed by atoms with Crippen LogP contribution in [0.2, 0.25) is 0 Å². The third-order valence-corrected chi connectivity index (χ3v) is 4.07. The van der Waals surface area contributed by atoms with Gasteiger partial charge in [0.15, 0.2) is 0 Å². The van der Waals surface area contributed by atoms with E-state index in [4.69, 9.17) is 10.2 Å². The van der Waals surface area contributed by atoms with E-state index in [1.807, 2.05) is 20.8 Å². The highest BCUT2D eigenvalue weighted by Crippen LogP contribution is 2.20. The number of hydrogen-bond donors (Lipinski definition) is 2. The van der Waals surface area contributed by atoms with Crippen LogP contribution in [0.3, 0.4) is 0 Å². The molecular weight excluding hydrogens is 230 g/mol. The summed E-state index contributed by atoms with van der Waals surface area (Å²) >= 11 is 0. The first-order chi connectivity index (χ1) is 7.23. The Kier molecular flexibility index (Phi) is 6.47. The molecule has 0 unspecified atom stereocenters. The second-order valence-corrected chi connectivity index (χ2v) is 7.06. The molecule has 0 bridgehead atoms. The van der Waals surface area contributed by atoms with E-state index in [9.17, 15) is 8.42 Å². The molecule has 0 aliphatic rings. The maximum absolute atomic E-state index is 11.9. The Labute approximate surface area is 98.1 Å². The van der Waals surface area contributed by atoms with E-state index in [0.29, 0.717) is 6.42 Å². The smallest absolute Gasteiger partial charge is 0.214 e. The zero-order chi connectivity index (χ0) is 12.8. The fourth-order valence-corrected chi connectivity index (χ4v) is 3.03. The molecule has 0 aliphatic heterocycles. The Morgan fingerprint density at radius 2 is 1.50 bits per heavy atom. The van der Waals surface area contributed by atoms with Crippen LogP contribution in [0.4, 0.5) is 0 Å². The third kappa shape index (κ3) is 6.42. The third-order valence-electron chi connectivity index (χ3n) is 2.20. The van der Waals surface area contributed by atoms with E-state index in [1.165, 1.54) is 0 Å². The fourth-order valence-electron chi connectivity index (χ4n) is 1.18. The monoisotopic (exact) mass is 253 g/mol. The van der Waals surface area contributed by atoms with E-state index in [1.54, 1.807) is 0 Å². The number of aliphatic hydroxyl groups excluding tert-OH is 2. The van der Waals surface area contributed by atoms with Gasteiger partial charge in [0.1, 0.15) is 0 Å². The lowest BCUT2D eigenvalue weighted by Crippen LogP contribution is -2.38. The second kappa shape index (κ2) is 6.54. The van der Waals surface area contributed by atoms with E-state index >= 15 is 0 Å². The number of aliphatic hydroxyl groups is 2. The SMILES string of the molecule is CC(C)(C)CCS(=O)(=O)N(CCO)CCO. The topological polar surface area (TPSA) is 77.8 Å². The van der Waals surface area contributed by atoms with Gasteiger partial charge in [-0.3, -0.25) is 0 Å². The summed E-state index contributed by atoms with van der Waals surface area (Å²) in [6, 6.07) is 0. The normalized spacial score (nSPS) is 13.4. The Hall–Kier alpha value is -0.170. The van der Waals surface area contributed by atoms with Crippen LogP contribution < -0.4 is 0 Å². The van der Waals surface area contributed by atoms with Crippen LogP contribution in [0.15, 0.2) is 0 Å². The fraction of sp³-hybridized carbons (Fsp3) is 1.00. The van der Waals surface area contributed by atoms with Crippen LogP contribution in [0.1, 0.15) is 27.2 Å². The average molecular weight is 253 g/mol. The summed E-state index contributed by atoms with van der Waals surface area (Å²) in [6.45, 7) is 5.57. The predicted octanol–water partition coefficient (Wildman–Crippen LogP) is 0.0390. The van der Waals surface area contributed by atoms with Crippen molar-refractivity contribution in [1.82, 2.24) is 4.31 Å². The van der Waals surface area contributed by atoms with Crippen molar-refractivity contribution in [3.8, 4) is 0 Å². The lowest BCUT2D eigenvalue weighted by atomic mass is 9.94. The molecule has 0 atom stereocenters. The van der Waals surface area contributed by atoms with Crippen molar-refractivity contribution >= 4 is 10.0 Å². The second-order valence-electron chi connectivity index (χ2n) is 4.97. The number of hydrogen-bond acceptors (Lipinski definition) is 4. The highest BCUT2D eigenvalue weighted by molar-refractivity contribution is 7.89. The van der Waals surface area contributed by atoms with Gasteiger partial charge in [0, 0.05) is 13.1 Å². The van der Waals surface area contributed by atoms with Gasteiger partial charge in [0.25, 0.3) is 0 Å². The van der Waals surface area contributed by atoms with E-state index in [-0.39, 0.29) is 37.5 Å². The van der Waals surface area contributed by atoms with Crippen molar-refractivity contribution < 1.29 is 18.6 Å². The molecule has 2 N–H and O–H groups in total. The molecule has 0 aromatic heterocycles. The van der Waals surface area contributed by atoms with E-state index in [2.05, 4.69) is 0 Å². The van der Waals surface area contributed by atoms with Crippen molar-refractivity contribution in [1.29, 1.82) is 0 Å². The molecule has 0 rings (SSSR count). The summed E-state index contributed by atoms with van der Waals surface area (Å²) in [6.07, 6.45) is 0.558. The quantitative estimate of drug-likeness (QED) is 0.671. The van der Waals surface area contributed by atoms with E-state index in [0.717, 1.165) is 4.31 Å². The molecule has 0 radical (unpaired) electrons. The van der Waals surface area contributed by atoms with Crippen LogP contribution in [0, 0.1) is 5.41 Å². The Balaban J connectivity index is 4.47. The standard InChI is InChI=1S/C10H23NO4S/c1-10(2,3)4-9-16(14,15)11(5-7-12)6-8-13/h12-13H,4-9H2,1-3H3. The van der Waals surface area contributed by atoms with Gasteiger partial charge >= 0.3 is 0 Å². The van der Waals surface area contributed by atoms with E-state index < -0.39 is 10.0 Å². The molecule has 0 saturated carbocycles. The molecule has 98 valence electrons. The summed E-state index contributed by atoms with van der Waals surface area (Å²) in [5.41, 5.74) is -0.0445. The Bertz CT molecular complexity index is 276. The minimum absolute atomic E-state index is 0.0445. The van der Waals surface area contributed by atoms with Gasteiger partial charge in [0.2, 0.25) is 10.0 Å². The largest absolute Gasteiger partial charge is 0.395 e. The maximum Gasteiger partial charge on any atom is 0.214 e. The highest BCUT2D eigenvalue weighted by atomic mass is 32.2. The summed E-state index contributed by atoms with van der Waals surface area (Å²) in [5.74, 6) is 0.0521. The van der Waals surface area contributed by atoms with Gasteiger partial charge in [-0.15, -0.1) is 0 Å². The Morgan fingerprint density at radius 3 is 1.81 bits per heavy atom. The van der Waals surface area contributed by atoms with Gasteiger partial charge in [-0.1, -0.05) is 20.8 Å². The van der Waals surface area contributed by atoms with Crippen molar-refractivity contribution in [2.45, 2.75) is 27.2 Å². The summed E-state index contributed by atoms with van der Waals surface area (Å²) < 4.78 is 24.9. The lowest BCUT2D eigenvalue weighted by Gasteiger charge is -2.23. The van der Waals surface area contributed by atoms with Gasteiger partial charge in [-0.2, -0.15) is 4.31 Å². The zero-order valence-corrected chi connectivity index (χ0v) is 11.1. The number of sulfonamides is 1. The molecule has 6 heteroatoms. The van der Waals surface area contributed by atoms with Crippen LogP contribution in [0.25, 0.3) is 0 Å². The highest BCUT2D eigenvalue weighted by Gasteiger charge is 2.23. The number of nitrogens with zero attached hydrogens (tertiary/aromatic N) is 1. The molecule has 0 heterocycles. The molecule has 0 fully saturated rings. The first-order valence-corrected chi connectivity index (χ1v) is 7.03. The van der Waals surface area contributed by atoms with Gasteiger partial charge in [-0.05, 0) is 11.8 Å². The molecule has 0 amide bonds. The average Bonchev–Trinajstić information content (AvgIpc) is 2.14. The van der Waals surface area contributed by atoms with Crippen LogP contribution in [0.5, 0.6) is 0 Å². The van der Waals surface area contributed by atoms with Crippen LogP contribution >= 0.6 is 0 Å². The lowest BCUT2D eigenvalue weighted by molar-refractivity contribution is 0.217.